The molecule has 0 saturated heterocycles. The van der Waals surface area contributed by atoms with Gasteiger partial charge < -0.3 is 10.1 Å². The van der Waals surface area contributed by atoms with Crippen LogP contribution in [0.3, 0.4) is 0 Å². The molecule has 19 heavy (non-hydrogen) atoms. The summed E-state index contributed by atoms with van der Waals surface area (Å²) in [4.78, 5) is 0. The number of hydrogen-bond donors (Lipinski definition) is 1. The molecule has 1 heterocycles. The summed E-state index contributed by atoms with van der Waals surface area (Å²) in [7, 11) is 0. The van der Waals surface area contributed by atoms with E-state index in [1.165, 1.54) is 17.7 Å². The minimum Gasteiger partial charge on any atom is -0.376 e. The maximum absolute atomic E-state index is 13.3. The van der Waals surface area contributed by atoms with E-state index >= 15 is 0 Å². The van der Waals surface area contributed by atoms with E-state index in [0.29, 0.717) is 23.9 Å². The maximum Gasteiger partial charge on any atom is 0.126 e. The summed E-state index contributed by atoms with van der Waals surface area (Å²) in [5.74, 6) is -0.347. The molecule has 1 aliphatic heterocycles. The molecule has 0 saturated carbocycles. The Bertz CT molecular complexity index is 582. The van der Waals surface area contributed by atoms with Crippen LogP contribution in [0.2, 0.25) is 5.02 Å². The van der Waals surface area contributed by atoms with Crippen molar-refractivity contribution in [2.45, 2.75) is 12.6 Å². The fraction of sp³-hybridized carbons (Fsp3) is 0.200. The SMILES string of the molecule is Fc1cc(Cl)cc(NC2COCc3ccccc32)c1. The molecule has 0 aliphatic carbocycles. The molecule has 2 nitrogen and oxygen atoms in total. The van der Waals surface area contributed by atoms with Crippen molar-refractivity contribution >= 4 is 17.3 Å². The molecule has 0 radical (unpaired) electrons. The second-order valence-corrected chi connectivity index (χ2v) is 5.01. The molecule has 1 aliphatic rings. The molecule has 2 aromatic carbocycles. The van der Waals surface area contributed by atoms with E-state index in [1.54, 1.807) is 6.07 Å². The Morgan fingerprint density at radius 1 is 1.21 bits per heavy atom. The van der Waals surface area contributed by atoms with Gasteiger partial charge in [0.1, 0.15) is 5.82 Å². The zero-order chi connectivity index (χ0) is 13.2. The first-order valence-corrected chi connectivity index (χ1v) is 6.48. The van der Waals surface area contributed by atoms with Crippen LogP contribution >= 0.6 is 11.6 Å². The summed E-state index contributed by atoms with van der Waals surface area (Å²) in [6, 6.07) is 12.5. The topological polar surface area (TPSA) is 21.3 Å². The maximum atomic E-state index is 13.3. The van der Waals surface area contributed by atoms with Crippen LogP contribution in [0.15, 0.2) is 42.5 Å². The van der Waals surface area contributed by atoms with E-state index < -0.39 is 0 Å². The van der Waals surface area contributed by atoms with Gasteiger partial charge in [-0.3, -0.25) is 0 Å². The number of halogens is 2. The number of rotatable bonds is 2. The average molecular weight is 278 g/mol. The van der Waals surface area contributed by atoms with Crippen LogP contribution in [0, 0.1) is 5.82 Å². The molecule has 0 amide bonds. The van der Waals surface area contributed by atoms with Crippen LogP contribution in [0.5, 0.6) is 0 Å². The monoisotopic (exact) mass is 277 g/mol. The Balaban J connectivity index is 1.88. The van der Waals surface area contributed by atoms with E-state index in [1.807, 2.05) is 18.2 Å². The van der Waals surface area contributed by atoms with Crippen LogP contribution < -0.4 is 5.32 Å². The van der Waals surface area contributed by atoms with Crippen molar-refractivity contribution < 1.29 is 9.13 Å². The highest BCUT2D eigenvalue weighted by atomic mass is 35.5. The van der Waals surface area contributed by atoms with Gasteiger partial charge >= 0.3 is 0 Å². The molecule has 0 aromatic heterocycles. The second kappa shape index (κ2) is 5.19. The van der Waals surface area contributed by atoms with Gasteiger partial charge in [-0.15, -0.1) is 0 Å². The third kappa shape index (κ3) is 2.72. The summed E-state index contributed by atoms with van der Waals surface area (Å²) < 4.78 is 18.9. The predicted octanol–water partition coefficient (Wildman–Crippen LogP) is 4.16. The third-order valence-corrected chi connectivity index (χ3v) is 3.39. The number of benzene rings is 2. The molecule has 1 N–H and O–H groups in total. The zero-order valence-corrected chi connectivity index (χ0v) is 11.0. The van der Waals surface area contributed by atoms with Crippen LogP contribution in [0.1, 0.15) is 17.2 Å². The molecule has 3 rings (SSSR count). The van der Waals surface area contributed by atoms with Crippen molar-refractivity contribution in [1.82, 2.24) is 0 Å². The minimum absolute atomic E-state index is 0.0165. The molecule has 1 atom stereocenters. The summed E-state index contributed by atoms with van der Waals surface area (Å²) in [6.07, 6.45) is 0. The highest BCUT2D eigenvalue weighted by Gasteiger charge is 2.20. The van der Waals surface area contributed by atoms with Crippen molar-refractivity contribution in [2.75, 3.05) is 11.9 Å². The van der Waals surface area contributed by atoms with Gasteiger partial charge in [0.15, 0.2) is 0 Å². The molecule has 2 aromatic rings. The fourth-order valence-corrected chi connectivity index (χ4v) is 2.56. The van der Waals surface area contributed by atoms with Crippen molar-refractivity contribution in [2.24, 2.45) is 0 Å². The van der Waals surface area contributed by atoms with E-state index in [4.69, 9.17) is 16.3 Å². The number of fused-ring (bicyclic) bond motifs is 1. The Morgan fingerprint density at radius 3 is 2.89 bits per heavy atom. The Hall–Kier alpha value is -1.58. The van der Waals surface area contributed by atoms with Crippen LogP contribution in [0.4, 0.5) is 10.1 Å². The van der Waals surface area contributed by atoms with Crippen LogP contribution in [0.25, 0.3) is 0 Å². The molecule has 98 valence electrons. The molecule has 1 unspecified atom stereocenters. The molecule has 0 spiro atoms. The predicted molar refractivity (Wildman–Crippen MR) is 73.9 cm³/mol. The zero-order valence-electron chi connectivity index (χ0n) is 10.2. The normalized spacial score (nSPS) is 17.9. The van der Waals surface area contributed by atoms with E-state index in [2.05, 4.69) is 11.4 Å². The second-order valence-electron chi connectivity index (χ2n) is 4.57. The molecule has 0 bridgehead atoms. The molecular formula is C15H13ClFNO. The van der Waals surface area contributed by atoms with Gasteiger partial charge in [0.05, 0.1) is 19.3 Å². The smallest absolute Gasteiger partial charge is 0.126 e. The lowest BCUT2D eigenvalue weighted by atomic mass is 9.99. The third-order valence-electron chi connectivity index (χ3n) is 3.18. The van der Waals surface area contributed by atoms with Gasteiger partial charge in [-0.05, 0) is 29.3 Å². The van der Waals surface area contributed by atoms with Gasteiger partial charge in [-0.25, -0.2) is 4.39 Å². The van der Waals surface area contributed by atoms with Gasteiger partial charge in [-0.1, -0.05) is 35.9 Å². The lowest BCUT2D eigenvalue weighted by molar-refractivity contribution is 0.0970. The highest BCUT2D eigenvalue weighted by Crippen LogP contribution is 2.29. The number of anilines is 1. The molecular weight excluding hydrogens is 265 g/mol. The van der Waals surface area contributed by atoms with Gasteiger partial charge in [0.25, 0.3) is 0 Å². The summed E-state index contributed by atoms with van der Waals surface area (Å²) in [5.41, 5.74) is 3.01. The summed E-state index contributed by atoms with van der Waals surface area (Å²) in [6.45, 7) is 1.18. The van der Waals surface area contributed by atoms with Crippen molar-refractivity contribution in [1.29, 1.82) is 0 Å². The first-order valence-electron chi connectivity index (χ1n) is 6.10. The Labute approximate surface area is 116 Å². The number of nitrogens with one attached hydrogen (secondary N) is 1. The Kier molecular flexibility index (Phi) is 3.40. The standard InChI is InChI=1S/C15H13ClFNO/c16-11-5-12(17)7-13(6-11)18-15-9-19-8-10-3-1-2-4-14(10)15/h1-7,15,18H,8-9H2. The summed E-state index contributed by atoms with van der Waals surface area (Å²) in [5, 5.41) is 3.65. The lowest BCUT2D eigenvalue weighted by Crippen LogP contribution is -2.23. The lowest BCUT2D eigenvalue weighted by Gasteiger charge is -2.27. The minimum atomic E-state index is -0.347. The van der Waals surface area contributed by atoms with E-state index in [-0.39, 0.29) is 11.9 Å². The van der Waals surface area contributed by atoms with Crippen LogP contribution in [-0.2, 0) is 11.3 Å². The quantitative estimate of drug-likeness (QED) is 0.890. The largest absolute Gasteiger partial charge is 0.376 e. The van der Waals surface area contributed by atoms with Gasteiger partial charge in [0, 0.05) is 10.7 Å². The van der Waals surface area contributed by atoms with Gasteiger partial charge in [0.2, 0.25) is 0 Å². The van der Waals surface area contributed by atoms with E-state index in [9.17, 15) is 4.39 Å². The first kappa shape index (κ1) is 12.5. The Morgan fingerprint density at radius 2 is 2.05 bits per heavy atom. The van der Waals surface area contributed by atoms with Crippen LogP contribution in [-0.4, -0.2) is 6.61 Å². The van der Waals surface area contributed by atoms with Crippen molar-refractivity contribution in [3.8, 4) is 0 Å². The summed E-state index contributed by atoms with van der Waals surface area (Å²) >= 11 is 5.86. The molecule has 4 heteroatoms. The fourth-order valence-electron chi connectivity index (χ4n) is 2.34. The van der Waals surface area contributed by atoms with E-state index in [0.717, 1.165) is 5.56 Å². The van der Waals surface area contributed by atoms with Crippen molar-refractivity contribution in [3.05, 3.63) is 64.4 Å². The number of hydrogen-bond acceptors (Lipinski definition) is 2. The number of ether oxygens (including phenoxy) is 1. The van der Waals surface area contributed by atoms with Gasteiger partial charge in [-0.2, -0.15) is 0 Å². The highest BCUT2D eigenvalue weighted by molar-refractivity contribution is 6.30. The average Bonchev–Trinajstić information content (AvgIpc) is 2.38. The van der Waals surface area contributed by atoms with Crippen molar-refractivity contribution in [3.63, 3.8) is 0 Å². The molecule has 0 fully saturated rings. The first-order chi connectivity index (χ1) is 9.22.